The van der Waals surface area contributed by atoms with Gasteiger partial charge >= 0.3 is 0 Å². The van der Waals surface area contributed by atoms with Crippen LogP contribution in [0.4, 0.5) is 5.82 Å². The van der Waals surface area contributed by atoms with Gasteiger partial charge in [-0.3, -0.25) is 9.89 Å². The van der Waals surface area contributed by atoms with Gasteiger partial charge in [0.2, 0.25) is 0 Å². The summed E-state index contributed by atoms with van der Waals surface area (Å²) in [6.07, 6.45) is 1.56. The molecule has 0 radical (unpaired) electrons. The van der Waals surface area contributed by atoms with Crippen LogP contribution < -0.4 is 5.32 Å². The molecule has 1 aromatic heterocycles. The lowest BCUT2D eigenvalue weighted by Crippen LogP contribution is -2.32. The second-order valence-electron chi connectivity index (χ2n) is 6.29. The smallest absolute Gasteiger partial charge is 0.161 e. The minimum Gasteiger partial charge on any atom is -0.342 e. The molecule has 0 fully saturated rings. The number of nitrogens with zero attached hydrogens (tertiary/aromatic N) is 1. The topological polar surface area (TPSA) is 57.8 Å². The Morgan fingerprint density at radius 2 is 2.06 bits per heavy atom. The Balaban J connectivity index is 2.10. The fraction of sp³-hybridized carbons (Fsp3) is 0.571. The largest absolute Gasteiger partial charge is 0.342 e. The van der Waals surface area contributed by atoms with Crippen LogP contribution in [0, 0.1) is 12.3 Å². The van der Waals surface area contributed by atoms with Gasteiger partial charge in [-0.25, -0.2) is 0 Å². The summed E-state index contributed by atoms with van der Waals surface area (Å²) in [5, 5.41) is 10.6. The van der Waals surface area contributed by atoms with E-state index in [1.54, 1.807) is 0 Å². The molecular formula is C14H19N3O. The Morgan fingerprint density at radius 3 is 2.78 bits per heavy atom. The van der Waals surface area contributed by atoms with E-state index in [1.807, 2.05) is 6.92 Å². The minimum atomic E-state index is 0.0471. The van der Waals surface area contributed by atoms with Gasteiger partial charge in [0.15, 0.2) is 11.6 Å². The number of hydrogen-bond acceptors (Lipinski definition) is 3. The summed E-state index contributed by atoms with van der Waals surface area (Å²) < 4.78 is 0. The quantitative estimate of drug-likeness (QED) is 0.739. The van der Waals surface area contributed by atoms with Crippen molar-refractivity contribution in [3.8, 4) is 0 Å². The number of nitrogens with one attached hydrogen (secondary N) is 2. The van der Waals surface area contributed by atoms with E-state index in [4.69, 9.17) is 0 Å². The molecule has 0 saturated carbocycles. The van der Waals surface area contributed by atoms with Crippen molar-refractivity contribution in [2.45, 2.75) is 46.5 Å². The Bertz CT molecular complexity index is 566. The molecule has 1 aromatic rings. The number of Topliss-reactive ketones (excluding diaryl/α,β-unsaturated/α-hetero) is 1. The molecule has 0 aromatic carbocycles. The molecule has 0 unspecified atom stereocenters. The van der Waals surface area contributed by atoms with E-state index in [2.05, 4.69) is 36.3 Å². The Hall–Kier alpha value is -1.58. The zero-order valence-electron chi connectivity index (χ0n) is 11.3. The van der Waals surface area contributed by atoms with Crippen LogP contribution in [-0.4, -0.2) is 16.0 Å². The van der Waals surface area contributed by atoms with Crippen LogP contribution in [0.1, 0.15) is 50.8 Å². The van der Waals surface area contributed by atoms with E-state index >= 15 is 0 Å². The first kappa shape index (κ1) is 11.5. The lowest BCUT2D eigenvalue weighted by Gasteiger charge is -2.37. The van der Waals surface area contributed by atoms with Gasteiger partial charge in [0.05, 0.1) is 0 Å². The van der Waals surface area contributed by atoms with Gasteiger partial charge in [-0.05, 0) is 18.8 Å². The number of H-pyrrole nitrogens is 1. The molecule has 1 atom stereocenters. The summed E-state index contributed by atoms with van der Waals surface area (Å²) in [7, 11) is 0. The first-order valence-electron chi connectivity index (χ1n) is 6.47. The van der Waals surface area contributed by atoms with Gasteiger partial charge in [-0.1, -0.05) is 20.8 Å². The number of carbonyl (C=O) groups excluding carboxylic acids is 1. The van der Waals surface area contributed by atoms with Crippen molar-refractivity contribution >= 4 is 11.6 Å². The molecule has 0 amide bonds. The van der Waals surface area contributed by atoms with Crippen LogP contribution in [0.5, 0.6) is 0 Å². The molecule has 1 aliphatic heterocycles. The third-order valence-electron chi connectivity index (χ3n) is 4.05. The maximum Gasteiger partial charge on any atom is 0.161 e. The van der Waals surface area contributed by atoms with Gasteiger partial charge in [0, 0.05) is 34.9 Å². The highest BCUT2D eigenvalue weighted by Crippen LogP contribution is 2.46. The number of hydrogen-bond donors (Lipinski definition) is 2. The van der Waals surface area contributed by atoms with E-state index in [-0.39, 0.29) is 17.1 Å². The molecule has 4 heteroatoms. The minimum absolute atomic E-state index is 0.0471. The van der Waals surface area contributed by atoms with Crippen molar-refractivity contribution < 1.29 is 4.79 Å². The molecule has 0 bridgehead atoms. The Labute approximate surface area is 107 Å². The lowest BCUT2D eigenvalue weighted by molar-refractivity contribution is -0.118. The van der Waals surface area contributed by atoms with Crippen molar-refractivity contribution in [1.82, 2.24) is 10.2 Å². The third kappa shape index (κ3) is 1.51. The van der Waals surface area contributed by atoms with E-state index in [1.165, 1.54) is 0 Å². The van der Waals surface area contributed by atoms with Crippen LogP contribution in [0.2, 0.25) is 0 Å². The summed E-state index contributed by atoms with van der Waals surface area (Å²) in [5.41, 5.74) is 4.27. The van der Waals surface area contributed by atoms with E-state index in [9.17, 15) is 4.79 Å². The number of carbonyl (C=O) groups is 1. The number of fused-ring (bicyclic) bond motifs is 1. The van der Waals surface area contributed by atoms with Gasteiger partial charge in [0.25, 0.3) is 0 Å². The van der Waals surface area contributed by atoms with E-state index in [0.717, 1.165) is 34.8 Å². The van der Waals surface area contributed by atoms with Crippen LogP contribution in [-0.2, 0) is 4.79 Å². The average Bonchev–Trinajstić information content (AvgIpc) is 2.57. The molecule has 4 nitrogen and oxygen atoms in total. The maximum absolute atomic E-state index is 12.4. The van der Waals surface area contributed by atoms with E-state index < -0.39 is 0 Å². The zero-order chi connectivity index (χ0) is 13.1. The lowest BCUT2D eigenvalue weighted by atomic mass is 9.71. The molecule has 2 heterocycles. The number of aromatic amines is 1. The fourth-order valence-corrected chi connectivity index (χ4v) is 3.30. The number of ketones is 1. The molecule has 0 saturated heterocycles. The molecule has 18 heavy (non-hydrogen) atoms. The zero-order valence-corrected chi connectivity index (χ0v) is 11.3. The fourth-order valence-electron chi connectivity index (χ4n) is 3.30. The molecule has 0 spiro atoms. The second kappa shape index (κ2) is 3.46. The summed E-state index contributed by atoms with van der Waals surface area (Å²) in [4.78, 5) is 12.4. The van der Waals surface area contributed by atoms with Gasteiger partial charge in [-0.2, -0.15) is 5.10 Å². The standard InChI is InChI=1S/C14H19N3O/c1-7-11-8(2)16-17-13(11)15-9-5-14(3,4)6-10(18)12(7)9/h7H,5-6H2,1-4H3,(H2,15,16,17)/t7-/m0/s1. The molecule has 2 N–H and O–H groups in total. The first-order chi connectivity index (χ1) is 8.39. The number of aromatic nitrogens is 2. The summed E-state index contributed by atoms with van der Waals surface area (Å²) >= 11 is 0. The summed E-state index contributed by atoms with van der Waals surface area (Å²) in [6.45, 7) is 8.40. The van der Waals surface area contributed by atoms with Crippen LogP contribution in [0.25, 0.3) is 0 Å². The predicted octanol–water partition coefficient (Wildman–Crippen LogP) is 2.89. The highest BCUT2D eigenvalue weighted by molar-refractivity contribution is 6.00. The molecule has 2 aliphatic rings. The number of allylic oxidation sites excluding steroid dienone is 2. The van der Waals surface area contributed by atoms with Crippen molar-refractivity contribution in [3.05, 3.63) is 22.5 Å². The van der Waals surface area contributed by atoms with Crippen molar-refractivity contribution in [2.75, 3.05) is 5.32 Å². The molecule has 3 rings (SSSR count). The van der Waals surface area contributed by atoms with Gasteiger partial charge < -0.3 is 5.32 Å². The summed E-state index contributed by atoms with van der Waals surface area (Å²) in [6, 6.07) is 0. The second-order valence-corrected chi connectivity index (χ2v) is 6.29. The normalized spacial score (nSPS) is 25.6. The predicted molar refractivity (Wildman–Crippen MR) is 70.4 cm³/mol. The highest BCUT2D eigenvalue weighted by atomic mass is 16.1. The van der Waals surface area contributed by atoms with Crippen molar-refractivity contribution in [3.63, 3.8) is 0 Å². The molecule has 1 aliphatic carbocycles. The highest BCUT2D eigenvalue weighted by Gasteiger charge is 2.39. The number of anilines is 1. The number of aryl methyl sites for hydroxylation is 1. The van der Waals surface area contributed by atoms with E-state index in [0.29, 0.717) is 6.42 Å². The van der Waals surface area contributed by atoms with Crippen LogP contribution >= 0.6 is 0 Å². The first-order valence-corrected chi connectivity index (χ1v) is 6.47. The summed E-state index contributed by atoms with van der Waals surface area (Å²) in [5.74, 6) is 1.33. The van der Waals surface area contributed by atoms with Gasteiger partial charge in [-0.15, -0.1) is 0 Å². The average molecular weight is 245 g/mol. The van der Waals surface area contributed by atoms with Crippen molar-refractivity contribution in [2.24, 2.45) is 5.41 Å². The van der Waals surface area contributed by atoms with Gasteiger partial charge in [0.1, 0.15) is 0 Å². The molecular weight excluding hydrogens is 226 g/mol. The SMILES string of the molecule is Cc1[nH]nc2c1[C@H](C)C1=C(CC(C)(C)CC1=O)N2. The Kier molecular flexibility index (Phi) is 2.22. The van der Waals surface area contributed by atoms with Crippen LogP contribution in [0.15, 0.2) is 11.3 Å². The third-order valence-corrected chi connectivity index (χ3v) is 4.05. The number of rotatable bonds is 0. The van der Waals surface area contributed by atoms with Crippen molar-refractivity contribution in [1.29, 1.82) is 0 Å². The maximum atomic E-state index is 12.4. The van der Waals surface area contributed by atoms with Crippen LogP contribution in [0.3, 0.4) is 0 Å². The monoisotopic (exact) mass is 245 g/mol. The molecule has 96 valence electrons. The Morgan fingerprint density at radius 1 is 1.33 bits per heavy atom.